The number of nitrogens with zero attached hydrogens (tertiary/aromatic N) is 5. The van der Waals surface area contributed by atoms with E-state index in [4.69, 9.17) is 4.74 Å². The molecule has 2 amide bonds. The van der Waals surface area contributed by atoms with Crippen LogP contribution in [0.3, 0.4) is 0 Å². The summed E-state index contributed by atoms with van der Waals surface area (Å²) in [5.41, 5.74) is 9.16. The van der Waals surface area contributed by atoms with Gasteiger partial charge in [0.25, 0.3) is 0 Å². The van der Waals surface area contributed by atoms with Crippen LogP contribution in [0.4, 0.5) is 26.8 Å². The van der Waals surface area contributed by atoms with E-state index in [0.29, 0.717) is 11.5 Å². The molecule has 4 N–H and O–H groups in total. The van der Waals surface area contributed by atoms with Crippen LogP contribution in [-0.2, 0) is 23.6 Å². The number of amides is 2. The van der Waals surface area contributed by atoms with Crippen LogP contribution in [0.5, 0.6) is 0 Å². The van der Waals surface area contributed by atoms with Crippen molar-refractivity contribution in [2.24, 2.45) is 19.8 Å². The van der Waals surface area contributed by atoms with Gasteiger partial charge in [-0.2, -0.15) is 5.10 Å². The van der Waals surface area contributed by atoms with Crippen LogP contribution < -0.4 is 22.1 Å². The first-order chi connectivity index (χ1) is 18.7. The van der Waals surface area contributed by atoms with Crippen molar-refractivity contribution in [1.29, 1.82) is 0 Å². The van der Waals surface area contributed by atoms with E-state index in [1.807, 2.05) is 36.0 Å². The summed E-state index contributed by atoms with van der Waals surface area (Å²) in [6.45, 7) is 0. The van der Waals surface area contributed by atoms with Gasteiger partial charge < -0.3 is 20.5 Å². The number of aromatic nitrogens is 5. The Kier molecular flexibility index (Phi) is 8.18. The summed E-state index contributed by atoms with van der Waals surface area (Å²) < 4.78 is 13.9. The molecule has 1 aliphatic rings. The second kappa shape index (κ2) is 11.7. The average molecular weight is 537 g/mol. The van der Waals surface area contributed by atoms with E-state index in [0.717, 1.165) is 53.5 Å². The van der Waals surface area contributed by atoms with Crippen LogP contribution >= 0.6 is 0 Å². The molecule has 13 heteroatoms. The third kappa shape index (κ3) is 6.20. The number of imidazole rings is 1. The predicted molar refractivity (Wildman–Crippen MR) is 147 cm³/mol. The lowest BCUT2D eigenvalue weighted by molar-refractivity contribution is 0.182. The highest BCUT2D eigenvalue weighted by Crippen LogP contribution is 2.33. The molecule has 206 valence electrons. The maximum absolute atomic E-state index is 12.9. The molecule has 4 aromatic rings. The molecule has 0 bridgehead atoms. The Morgan fingerprint density at radius 2 is 1.67 bits per heavy atom. The van der Waals surface area contributed by atoms with Gasteiger partial charge in [-0.1, -0.05) is 12.8 Å². The lowest BCUT2D eigenvalue weighted by Gasteiger charge is -2.13. The van der Waals surface area contributed by atoms with Crippen LogP contribution in [0, 0.1) is 0 Å². The number of primary amides is 1. The number of methoxy groups -OCH3 is 2. The van der Waals surface area contributed by atoms with Crippen molar-refractivity contribution < 1.29 is 19.1 Å². The second-order valence-corrected chi connectivity index (χ2v) is 9.17. The fourth-order valence-electron chi connectivity index (χ4n) is 4.67. The Balaban J connectivity index is 0.000000648. The highest BCUT2D eigenvalue weighted by molar-refractivity contribution is 5.88. The molecule has 1 saturated carbocycles. The molecular formula is C26H32N8O5. The fraction of sp³-hybridized carbons (Fsp3) is 0.346. The molecule has 13 nitrogen and oxygen atoms in total. The highest BCUT2D eigenvalue weighted by Gasteiger charge is 2.23. The summed E-state index contributed by atoms with van der Waals surface area (Å²) in [5, 5.41) is 10.3. The molecule has 1 aromatic carbocycles. The lowest BCUT2D eigenvalue weighted by Crippen LogP contribution is -2.24. The van der Waals surface area contributed by atoms with Crippen molar-refractivity contribution in [1.82, 2.24) is 23.9 Å². The molecule has 1 fully saturated rings. The standard InChI is InChI=1S/C24H27N7O3.C2H5NO2/c1-29-14-16(12-26-29)15-8-17(10-18(9-15)28-23(32)34-3)27-22-11-20-21(13-25-22)30(2)24(33)31(20)19-6-4-5-7-19;1-5-2(3)4/h8-14,19H,4-7H2,1-3H3,(H,25,27)(H,28,32);1H3,(H2,3,4). The fourth-order valence-corrected chi connectivity index (χ4v) is 4.67. The minimum Gasteiger partial charge on any atom is -0.453 e. The van der Waals surface area contributed by atoms with Gasteiger partial charge >= 0.3 is 17.9 Å². The topological polar surface area (TPSA) is 160 Å². The molecule has 0 saturated heterocycles. The van der Waals surface area contributed by atoms with E-state index in [2.05, 4.69) is 31.2 Å². The first kappa shape index (κ1) is 27.2. The number of nitrogens with one attached hydrogen (secondary N) is 2. The largest absolute Gasteiger partial charge is 0.453 e. The van der Waals surface area contributed by atoms with Gasteiger partial charge in [0.15, 0.2) is 0 Å². The van der Waals surface area contributed by atoms with Crippen molar-refractivity contribution in [3.05, 3.63) is 53.3 Å². The minimum absolute atomic E-state index is 0.0102. The molecular weight excluding hydrogens is 504 g/mol. The first-order valence-corrected chi connectivity index (χ1v) is 12.4. The minimum atomic E-state index is -0.745. The van der Waals surface area contributed by atoms with E-state index in [1.54, 1.807) is 34.8 Å². The molecule has 0 radical (unpaired) electrons. The molecule has 0 atom stereocenters. The number of carbonyl (C=O) groups is 2. The predicted octanol–water partition coefficient (Wildman–Crippen LogP) is 3.88. The van der Waals surface area contributed by atoms with E-state index < -0.39 is 12.2 Å². The summed E-state index contributed by atoms with van der Waals surface area (Å²) in [4.78, 5) is 38.7. The average Bonchev–Trinajstić information content (AvgIpc) is 3.65. The molecule has 3 heterocycles. The van der Waals surface area contributed by atoms with Crippen molar-refractivity contribution in [2.45, 2.75) is 31.7 Å². The molecule has 39 heavy (non-hydrogen) atoms. The Morgan fingerprint density at radius 1 is 0.974 bits per heavy atom. The van der Waals surface area contributed by atoms with Gasteiger partial charge in [-0.25, -0.2) is 19.4 Å². The number of benzene rings is 1. The Morgan fingerprint density at radius 3 is 2.28 bits per heavy atom. The molecule has 5 rings (SSSR count). The molecule has 3 aromatic heterocycles. The first-order valence-electron chi connectivity index (χ1n) is 12.4. The van der Waals surface area contributed by atoms with Crippen LogP contribution in [0.25, 0.3) is 22.2 Å². The number of pyridine rings is 1. The second-order valence-electron chi connectivity index (χ2n) is 9.17. The van der Waals surface area contributed by atoms with Crippen molar-refractivity contribution in [3.63, 3.8) is 0 Å². The van der Waals surface area contributed by atoms with Crippen LogP contribution in [0.15, 0.2) is 47.7 Å². The number of anilines is 3. The summed E-state index contributed by atoms with van der Waals surface area (Å²) in [5.74, 6) is 0.609. The molecule has 1 aliphatic carbocycles. The van der Waals surface area contributed by atoms with Crippen LogP contribution in [-0.4, -0.2) is 50.3 Å². The highest BCUT2D eigenvalue weighted by atomic mass is 16.5. The molecule has 0 unspecified atom stereocenters. The van der Waals surface area contributed by atoms with Gasteiger partial charge in [-0.3, -0.25) is 19.1 Å². The number of hydrogen-bond acceptors (Lipinski definition) is 8. The van der Waals surface area contributed by atoms with Crippen molar-refractivity contribution in [2.75, 3.05) is 24.9 Å². The lowest BCUT2D eigenvalue weighted by atomic mass is 10.1. The number of aryl methyl sites for hydroxylation is 2. The van der Waals surface area contributed by atoms with E-state index in [-0.39, 0.29) is 11.7 Å². The van der Waals surface area contributed by atoms with Crippen LogP contribution in [0.2, 0.25) is 0 Å². The maximum Gasteiger partial charge on any atom is 0.411 e. The van der Waals surface area contributed by atoms with Gasteiger partial charge in [-0.15, -0.1) is 0 Å². The van der Waals surface area contributed by atoms with Gasteiger partial charge in [0.2, 0.25) is 0 Å². The summed E-state index contributed by atoms with van der Waals surface area (Å²) in [6, 6.07) is 7.75. The molecule has 0 spiro atoms. The van der Waals surface area contributed by atoms with Gasteiger partial charge in [0, 0.05) is 49.3 Å². The zero-order valence-corrected chi connectivity index (χ0v) is 22.3. The van der Waals surface area contributed by atoms with E-state index in [1.165, 1.54) is 14.2 Å². The number of ether oxygens (including phenoxy) is 2. The number of carbonyl (C=O) groups excluding carboxylic acids is 2. The Bertz CT molecular complexity index is 1550. The number of nitrogens with two attached hydrogens (primary N) is 1. The van der Waals surface area contributed by atoms with E-state index in [9.17, 15) is 14.4 Å². The summed E-state index contributed by atoms with van der Waals surface area (Å²) in [6.07, 6.45) is 8.39. The summed E-state index contributed by atoms with van der Waals surface area (Å²) >= 11 is 0. The van der Waals surface area contributed by atoms with Gasteiger partial charge in [0.05, 0.1) is 37.6 Å². The van der Waals surface area contributed by atoms with Gasteiger partial charge in [0.1, 0.15) is 5.82 Å². The van der Waals surface area contributed by atoms with Gasteiger partial charge in [-0.05, 0) is 36.6 Å². The number of hydrogen-bond donors (Lipinski definition) is 3. The number of fused-ring (bicyclic) bond motifs is 1. The van der Waals surface area contributed by atoms with Crippen molar-refractivity contribution >= 4 is 40.4 Å². The normalized spacial score (nSPS) is 13.0. The third-order valence-corrected chi connectivity index (χ3v) is 6.54. The monoisotopic (exact) mass is 536 g/mol. The quantitative estimate of drug-likeness (QED) is 0.346. The Hall–Kier alpha value is -4.81. The zero-order valence-electron chi connectivity index (χ0n) is 22.3. The zero-order chi connectivity index (χ0) is 28.1. The smallest absolute Gasteiger partial charge is 0.411 e. The Labute approximate surface area is 224 Å². The third-order valence-electron chi connectivity index (χ3n) is 6.54. The maximum atomic E-state index is 12.9. The number of rotatable bonds is 5. The summed E-state index contributed by atoms with van der Waals surface area (Å²) in [7, 11) is 6.18. The van der Waals surface area contributed by atoms with E-state index >= 15 is 0 Å². The van der Waals surface area contributed by atoms with Crippen molar-refractivity contribution in [3.8, 4) is 11.1 Å². The SMILES string of the molecule is COC(=O)Nc1cc(Nc2cc3c(cn2)n(C)c(=O)n3C2CCCC2)cc(-c2cnn(C)c2)c1.COC(N)=O. The van der Waals surface area contributed by atoms with Crippen LogP contribution in [0.1, 0.15) is 31.7 Å². The molecule has 0 aliphatic heterocycles.